The minimum atomic E-state index is -4.06. The molecule has 0 aliphatic heterocycles. The van der Waals surface area contributed by atoms with Crippen LogP contribution in [0.1, 0.15) is 5.56 Å². The van der Waals surface area contributed by atoms with E-state index in [4.69, 9.17) is 46.4 Å². The molecule has 1 N–H and O–H groups in total. The van der Waals surface area contributed by atoms with E-state index >= 15 is 0 Å². The second kappa shape index (κ2) is 10.7. The van der Waals surface area contributed by atoms with Crippen LogP contribution in [0, 0.1) is 0 Å². The van der Waals surface area contributed by atoms with Crippen molar-refractivity contribution in [2.75, 3.05) is 11.9 Å². The van der Waals surface area contributed by atoms with Gasteiger partial charge in [-0.25, -0.2) is 8.42 Å². The van der Waals surface area contributed by atoms with Gasteiger partial charge in [0.25, 0.3) is 0 Å². The van der Waals surface area contributed by atoms with Crippen LogP contribution in [0.25, 0.3) is 0 Å². The van der Waals surface area contributed by atoms with E-state index in [0.29, 0.717) is 10.6 Å². The molecular weight excluding hydrogens is 582 g/mol. The van der Waals surface area contributed by atoms with Crippen LogP contribution in [0.4, 0.5) is 5.69 Å². The third kappa shape index (κ3) is 6.17. The van der Waals surface area contributed by atoms with Crippen LogP contribution < -0.4 is 5.32 Å². The number of nitrogens with zero attached hydrogens (tertiary/aromatic N) is 1. The molecule has 3 rings (SSSR count). The molecule has 0 atom stereocenters. The van der Waals surface area contributed by atoms with E-state index < -0.39 is 22.5 Å². The lowest BCUT2D eigenvalue weighted by Gasteiger charge is -2.23. The van der Waals surface area contributed by atoms with Crippen molar-refractivity contribution in [1.29, 1.82) is 0 Å². The van der Waals surface area contributed by atoms with Crippen LogP contribution in [0.15, 0.2) is 70.0 Å². The highest BCUT2D eigenvalue weighted by molar-refractivity contribution is 9.10. The van der Waals surface area contributed by atoms with E-state index in [0.717, 1.165) is 8.78 Å². The summed E-state index contributed by atoms with van der Waals surface area (Å²) in [6.45, 7) is -0.656. The average Bonchev–Trinajstić information content (AvgIpc) is 2.72. The molecule has 0 spiro atoms. The first-order chi connectivity index (χ1) is 15.1. The molecule has 0 aromatic heterocycles. The van der Waals surface area contributed by atoms with Gasteiger partial charge in [-0.2, -0.15) is 4.31 Å². The quantitative estimate of drug-likeness (QED) is 0.323. The van der Waals surface area contributed by atoms with Gasteiger partial charge in [-0.15, -0.1) is 0 Å². The first kappa shape index (κ1) is 25.3. The summed E-state index contributed by atoms with van der Waals surface area (Å²) in [4.78, 5) is 12.8. The number of nitrogens with one attached hydrogen (secondary N) is 1. The first-order valence-corrected chi connectivity index (χ1v) is 12.8. The minimum Gasteiger partial charge on any atom is -0.322 e. The fourth-order valence-corrected chi connectivity index (χ4v) is 5.38. The number of benzene rings is 3. The van der Waals surface area contributed by atoms with Crippen LogP contribution in [0.5, 0.6) is 0 Å². The van der Waals surface area contributed by atoms with Crippen molar-refractivity contribution in [3.63, 3.8) is 0 Å². The third-order valence-electron chi connectivity index (χ3n) is 4.36. The fraction of sp³-hybridized carbons (Fsp3) is 0.0952. The van der Waals surface area contributed by atoms with Crippen LogP contribution >= 0.6 is 62.3 Å². The van der Waals surface area contributed by atoms with Crippen molar-refractivity contribution >= 4 is 84.0 Å². The van der Waals surface area contributed by atoms with Crippen molar-refractivity contribution in [3.05, 3.63) is 90.8 Å². The topological polar surface area (TPSA) is 66.5 Å². The molecule has 0 saturated heterocycles. The second-order valence-electron chi connectivity index (χ2n) is 6.61. The maximum absolute atomic E-state index is 13.4. The maximum atomic E-state index is 13.4. The van der Waals surface area contributed by atoms with Gasteiger partial charge in [-0.1, -0.05) is 74.5 Å². The zero-order chi connectivity index (χ0) is 23.5. The maximum Gasteiger partial charge on any atom is 0.243 e. The Bertz CT molecular complexity index is 1230. The standard InChI is InChI=1S/C21H15BrCl4N2O3S/c22-14-5-8-16(9-6-14)32(30,31)28(11-13-4-7-15(23)10-19(13)26)12-20(29)27-21-17(24)2-1-3-18(21)25/h1-10H,11-12H2,(H,27,29). The largest absolute Gasteiger partial charge is 0.322 e. The smallest absolute Gasteiger partial charge is 0.243 e. The molecule has 1 amide bonds. The normalized spacial score (nSPS) is 11.6. The predicted molar refractivity (Wildman–Crippen MR) is 133 cm³/mol. The Labute approximate surface area is 214 Å². The summed E-state index contributed by atoms with van der Waals surface area (Å²) in [5.41, 5.74) is 0.687. The molecule has 0 aliphatic carbocycles. The number of halogens is 5. The van der Waals surface area contributed by atoms with E-state index in [1.165, 1.54) is 18.2 Å². The van der Waals surface area contributed by atoms with Gasteiger partial charge in [-0.3, -0.25) is 4.79 Å². The van der Waals surface area contributed by atoms with Gasteiger partial charge in [0.05, 0.1) is 27.2 Å². The Hall–Kier alpha value is -1.32. The summed E-state index contributed by atoms with van der Waals surface area (Å²) in [5, 5.41) is 3.73. The lowest BCUT2D eigenvalue weighted by atomic mass is 10.2. The molecule has 0 aliphatic rings. The van der Waals surface area contributed by atoms with Gasteiger partial charge < -0.3 is 5.32 Å². The lowest BCUT2D eigenvalue weighted by Crippen LogP contribution is -2.37. The van der Waals surface area contributed by atoms with Crippen molar-refractivity contribution in [2.45, 2.75) is 11.4 Å². The number of anilines is 1. The summed E-state index contributed by atoms with van der Waals surface area (Å²) in [7, 11) is -4.06. The molecule has 0 bridgehead atoms. The lowest BCUT2D eigenvalue weighted by molar-refractivity contribution is -0.116. The zero-order valence-corrected chi connectivity index (χ0v) is 21.6. The highest BCUT2D eigenvalue weighted by Gasteiger charge is 2.28. The Balaban J connectivity index is 1.94. The van der Waals surface area contributed by atoms with Gasteiger partial charge in [-0.05, 0) is 54.1 Å². The van der Waals surface area contributed by atoms with E-state index in [-0.39, 0.29) is 32.2 Å². The molecule has 0 fully saturated rings. The molecular formula is C21H15BrCl4N2O3S. The molecule has 5 nitrogen and oxygen atoms in total. The van der Waals surface area contributed by atoms with Crippen LogP contribution in [-0.4, -0.2) is 25.2 Å². The molecule has 11 heteroatoms. The molecule has 3 aromatic rings. The number of carbonyl (C=O) groups excluding carboxylic acids is 1. The molecule has 3 aromatic carbocycles. The van der Waals surface area contributed by atoms with Gasteiger partial charge in [0, 0.05) is 21.1 Å². The predicted octanol–water partition coefficient (Wildman–Crippen LogP) is 6.89. The summed E-state index contributed by atoms with van der Waals surface area (Å²) < 4.78 is 28.5. The van der Waals surface area contributed by atoms with Crippen LogP contribution in [-0.2, 0) is 21.4 Å². The summed E-state index contributed by atoms with van der Waals surface area (Å²) in [6.07, 6.45) is 0. The SMILES string of the molecule is O=C(CN(Cc1ccc(Cl)cc1Cl)S(=O)(=O)c1ccc(Br)cc1)Nc1c(Cl)cccc1Cl. The van der Waals surface area contributed by atoms with Crippen molar-refractivity contribution in [1.82, 2.24) is 4.31 Å². The van der Waals surface area contributed by atoms with E-state index in [1.54, 1.807) is 42.5 Å². The van der Waals surface area contributed by atoms with Crippen molar-refractivity contribution in [3.8, 4) is 0 Å². The van der Waals surface area contributed by atoms with E-state index in [2.05, 4.69) is 21.2 Å². The molecule has 0 saturated carbocycles. The minimum absolute atomic E-state index is 0.0226. The number of hydrogen-bond donors (Lipinski definition) is 1. The van der Waals surface area contributed by atoms with Gasteiger partial charge in [0.1, 0.15) is 0 Å². The Morgan fingerprint density at radius 3 is 2.12 bits per heavy atom. The Morgan fingerprint density at radius 2 is 1.53 bits per heavy atom. The third-order valence-corrected chi connectivity index (χ3v) is 7.91. The van der Waals surface area contributed by atoms with Gasteiger partial charge >= 0.3 is 0 Å². The van der Waals surface area contributed by atoms with E-state index in [9.17, 15) is 13.2 Å². The molecule has 0 heterocycles. The van der Waals surface area contributed by atoms with Crippen LogP contribution in [0.2, 0.25) is 20.1 Å². The summed E-state index contributed by atoms with van der Waals surface area (Å²) >= 11 is 27.7. The Kier molecular flexibility index (Phi) is 8.49. The molecule has 168 valence electrons. The van der Waals surface area contributed by atoms with Crippen molar-refractivity contribution < 1.29 is 13.2 Å². The monoisotopic (exact) mass is 594 g/mol. The highest BCUT2D eigenvalue weighted by Crippen LogP contribution is 2.30. The van der Waals surface area contributed by atoms with Gasteiger partial charge in [0.15, 0.2) is 0 Å². The fourth-order valence-electron chi connectivity index (χ4n) is 2.78. The summed E-state index contributed by atoms with van der Waals surface area (Å²) in [5.74, 6) is -0.620. The molecule has 0 radical (unpaired) electrons. The zero-order valence-electron chi connectivity index (χ0n) is 16.2. The number of carbonyl (C=O) groups is 1. The summed E-state index contributed by atoms with van der Waals surface area (Å²) in [6, 6.07) is 15.6. The van der Waals surface area contributed by atoms with Crippen molar-refractivity contribution in [2.24, 2.45) is 0 Å². The average molecular weight is 597 g/mol. The number of sulfonamides is 1. The number of hydrogen-bond acceptors (Lipinski definition) is 3. The number of para-hydroxylation sites is 1. The van der Waals surface area contributed by atoms with E-state index in [1.807, 2.05) is 0 Å². The van der Waals surface area contributed by atoms with Crippen LogP contribution in [0.3, 0.4) is 0 Å². The highest BCUT2D eigenvalue weighted by atomic mass is 79.9. The number of amides is 1. The van der Waals surface area contributed by atoms with Gasteiger partial charge in [0.2, 0.25) is 15.9 Å². The number of rotatable bonds is 7. The molecule has 0 unspecified atom stereocenters. The first-order valence-electron chi connectivity index (χ1n) is 9.01. The Morgan fingerprint density at radius 1 is 0.906 bits per heavy atom. The molecule has 32 heavy (non-hydrogen) atoms. The second-order valence-corrected chi connectivity index (χ2v) is 11.1.